The monoisotopic (exact) mass is 368 g/mol. The molecule has 3 rings (SSSR count). The molecule has 1 aliphatic rings. The molecule has 0 bridgehead atoms. The van der Waals surface area contributed by atoms with Crippen LogP contribution in [0.3, 0.4) is 0 Å². The molecule has 0 saturated carbocycles. The molecule has 1 aromatic heterocycles. The zero-order valence-corrected chi connectivity index (χ0v) is 16.2. The third kappa shape index (κ3) is 4.35. The van der Waals surface area contributed by atoms with Crippen LogP contribution in [0, 0.1) is 25.2 Å². The Labute approximate surface area is 159 Å². The van der Waals surface area contributed by atoms with E-state index in [-0.39, 0.29) is 11.1 Å². The number of anilines is 1. The Balaban J connectivity index is 1.68. The van der Waals surface area contributed by atoms with Crippen LogP contribution in [0.4, 0.5) is 5.69 Å². The van der Waals surface area contributed by atoms with E-state index in [1.165, 1.54) is 15.9 Å². The molecule has 1 atom stereocenters. The number of aryl methyl sites for hydroxylation is 1. The number of morpholine rings is 1. The molecule has 1 N–H and O–H groups in total. The third-order valence-electron chi connectivity index (χ3n) is 4.99. The molecule has 7 heteroatoms. The maximum atomic E-state index is 12.4. The van der Waals surface area contributed by atoms with Gasteiger partial charge in [0.25, 0.3) is 5.56 Å². The van der Waals surface area contributed by atoms with Gasteiger partial charge in [-0.05, 0) is 31.5 Å². The Hall–Kier alpha value is -2.69. The molecule has 0 amide bonds. The largest absolute Gasteiger partial charge is 0.378 e. The van der Waals surface area contributed by atoms with Gasteiger partial charge in [0.05, 0.1) is 26.0 Å². The fraction of sp³-hybridized carbons (Fsp3) is 0.450. The van der Waals surface area contributed by atoms with E-state index >= 15 is 0 Å². The predicted molar refractivity (Wildman–Crippen MR) is 103 cm³/mol. The second-order valence-electron chi connectivity index (χ2n) is 7.06. The molecule has 142 valence electrons. The molecule has 0 aliphatic carbocycles. The van der Waals surface area contributed by atoms with Gasteiger partial charge in [0.2, 0.25) is 0 Å². The van der Waals surface area contributed by atoms with Gasteiger partial charge >= 0.3 is 0 Å². The Kier molecular flexibility index (Phi) is 5.89. The van der Waals surface area contributed by atoms with E-state index in [2.05, 4.69) is 34.3 Å². The van der Waals surface area contributed by atoms with Gasteiger partial charge in [-0.2, -0.15) is 15.0 Å². The van der Waals surface area contributed by atoms with Gasteiger partial charge in [-0.1, -0.05) is 12.1 Å². The third-order valence-corrected chi connectivity index (χ3v) is 4.99. The maximum Gasteiger partial charge on any atom is 0.289 e. The first kappa shape index (κ1) is 19.1. The first-order valence-electron chi connectivity index (χ1n) is 9.21. The lowest BCUT2D eigenvalue weighted by atomic mass is 10.1. The minimum atomic E-state index is -0.317. The summed E-state index contributed by atoms with van der Waals surface area (Å²) in [5.41, 5.74) is 3.66. The highest BCUT2D eigenvalue weighted by molar-refractivity contribution is 5.47. The summed E-state index contributed by atoms with van der Waals surface area (Å²) in [5, 5.41) is 13.6. The van der Waals surface area contributed by atoms with Crippen molar-refractivity contribution in [1.82, 2.24) is 9.78 Å². The zero-order chi connectivity index (χ0) is 19.4. The van der Waals surface area contributed by atoms with Gasteiger partial charge in [-0.25, -0.2) is 0 Å². The number of aromatic nitrogens is 2. The molecule has 1 aliphatic heterocycles. The van der Waals surface area contributed by atoms with E-state index in [1.54, 1.807) is 6.92 Å². The van der Waals surface area contributed by atoms with Gasteiger partial charge in [0, 0.05) is 24.3 Å². The highest BCUT2D eigenvalue weighted by Gasteiger charge is 2.15. The normalized spacial score (nSPS) is 15.4. The summed E-state index contributed by atoms with van der Waals surface area (Å²) >= 11 is 0. The molecule has 2 heterocycles. The standard InChI is InChI=1S/C20H25N5O2/c1-15-16(2)22-25(20(26)19(15)12-21)14-23(3)13-17-4-6-18(7-5-17)24-8-10-27-11-9-24/h4-7H,8-11,13-14H2,1-3H3/p+1. The zero-order valence-electron chi connectivity index (χ0n) is 16.2. The molecule has 1 fully saturated rings. The van der Waals surface area contributed by atoms with Crippen molar-refractivity contribution in [2.45, 2.75) is 27.1 Å². The van der Waals surface area contributed by atoms with Crippen molar-refractivity contribution in [2.24, 2.45) is 0 Å². The van der Waals surface area contributed by atoms with Crippen molar-refractivity contribution in [3.8, 4) is 6.07 Å². The maximum absolute atomic E-state index is 12.4. The molecule has 2 aromatic rings. The van der Waals surface area contributed by atoms with E-state index in [0.717, 1.165) is 37.7 Å². The SMILES string of the molecule is Cc1nn(C[NH+](C)Cc2ccc(N3CCOCC3)cc2)c(=O)c(C#N)c1C. The Bertz CT molecular complexity index is 892. The van der Waals surface area contributed by atoms with E-state index in [1.807, 2.05) is 20.0 Å². The number of nitrogens with one attached hydrogen (secondary N) is 1. The minimum Gasteiger partial charge on any atom is -0.378 e. The molecule has 27 heavy (non-hydrogen) atoms. The van der Waals surface area contributed by atoms with Crippen LogP contribution >= 0.6 is 0 Å². The number of rotatable bonds is 5. The molecule has 7 nitrogen and oxygen atoms in total. The van der Waals surface area contributed by atoms with E-state index in [0.29, 0.717) is 17.9 Å². The fourth-order valence-corrected chi connectivity index (χ4v) is 3.32. The summed E-state index contributed by atoms with van der Waals surface area (Å²) in [6.45, 7) is 8.17. The predicted octanol–water partition coefficient (Wildman–Crippen LogP) is 0.241. The van der Waals surface area contributed by atoms with E-state index in [9.17, 15) is 10.1 Å². The molecular weight excluding hydrogens is 342 g/mol. The van der Waals surface area contributed by atoms with Crippen LogP contribution in [0.1, 0.15) is 22.4 Å². The lowest BCUT2D eigenvalue weighted by Gasteiger charge is -2.29. The average Bonchev–Trinajstić information content (AvgIpc) is 2.68. The lowest BCUT2D eigenvalue weighted by Crippen LogP contribution is -3.07. The number of hydrogen-bond donors (Lipinski definition) is 1. The number of nitriles is 1. The Morgan fingerprint density at radius 3 is 2.52 bits per heavy atom. The number of quaternary nitrogens is 1. The number of hydrogen-bond acceptors (Lipinski definition) is 5. The van der Waals surface area contributed by atoms with Crippen LogP contribution in [-0.2, 0) is 18.0 Å². The molecule has 1 unspecified atom stereocenters. The molecule has 1 aromatic carbocycles. The van der Waals surface area contributed by atoms with E-state index < -0.39 is 0 Å². The van der Waals surface area contributed by atoms with Crippen molar-refractivity contribution in [3.63, 3.8) is 0 Å². The Morgan fingerprint density at radius 2 is 1.89 bits per heavy atom. The first-order valence-corrected chi connectivity index (χ1v) is 9.21. The summed E-state index contributed by atoms with van der Waals surface area (Å²) in [5.74, 6) is 0. The second kappa shape index (κ2) is 8.33. The summed E-state index contributed by atoms with van der Waals surface area (Å²) in [4.78, 5) is 15.9. The van der Waals surface area contributed by atoms with Crippen LogP contribution in [0.2, 0.25) is 0 Å². The summed E-state index contributed by atoms with van der Waals surface area (Å²) in [6.07, 6.45) is 0. The van der Waals surface area contributed by atoms with Crippen LogP contribution in [0.15, 0.2) is 29.1 Å². The van der Waals surface area contributed by atoms with Crippen LogP contribution in [0.25, 0.3) is 0 Å². The fourth-order valence-electron chi connectivity index (χ4n) is 3.32. The van der Waals surface area contributed by atoms with Gasteiger partial charge in [-0.15, -0.1) is 0 Å². The first-order chi connectivity index (χ1) is 13.0. The topological polar surface area (TPSA) is 75.6 Å². The van der Waals surface area contributed by atoms with Crippen LogP contribution in [0.5, 0.6) is 0 Å². The highest BCUT2D eigenvalue weighted by atomic mass is 16.5. The van der Waals surface area contributed by atoms with E-state index in [4.69, 9.17) is 4.74 Å². The average molecular weight is 368 g/mol. The molecular formula is C20H26N5O2+. The van der Waals surface area contributed by atoms with Gasteiger partial charge < -0.3 is 14.5 Å². The number of ether oxygens (including phenoxy) is 1. The van der Waals surface area contributed by atoms with Crippen molar-refractivity contribution in [1.29, 1.82) is 5.26 Å². The number of nitrogens with zero attached hydrogens (tertiary/aromatic N) is 4. The highest BCUT2D eigenvalue weighted by Crippen LogP contribution is 2.16. The second-order valence-corrected chi connectivity index (χ2v) is 7.06. The van der Waals surface area contributed by atoms with Gasteiger partial charge in [-0.3, -0.25) is 4.79 Å². The van der Waals surface area contributed by atoms with Crippen molar-refractivity contribution < 1.29 is 9.64 Å². The van der Waals surface area contributed by atoms with Crippen LogP contribution < -0.4 is 15.4 Å². The van der Waals surface area contributed by atoms with Gasteiger partial charge in [0.1, 0.15) is 18.2 Å². The van der Waals surface area contributed by atoms with Crippen molar-refractivity contribution >= 4 is 5.69 Å². The quantitative estimate of drug-likeness (QED) is 0.818. The van der Waals surface area contributed by atoms with Crippen LogP contribution in [-0.4, -0.2) is 43.1 Å². The summed E-state index contributed by atoms with van der Waals surface area (Å²) < 4.78 is 6.80. The lowest BCUT2D eigenvalue weighted by molar-refractivity contribution is -0.917. The molecule has 0 radical (unpaired) electrons. The Morgan fingerprint density at radius 1 is 1.22 bits per heavy atom. The van der Waals surface area contributed by atoms with Gasteiger partial charge in [0.15, 0.2) is 6.67 Å². The molecule has 0 spiro atoms. The molecule has 1 saturated heterocycles. The number of benzene rings is 1. The minimum absolute atomic E-state index is 0.185. The smallest absolute Gasteiger partial charge is 0.289 e. The van der Waals surface area contributed by atoms with Crippen molar-refractivity contribution in [3.05, 3.63) is 57.0 Å². The summed E-state index contributed by atoms with van der Waals surface area (Å²) in [6, 6.07) is 10.6. The van der Waals surface area contributed by atoms with Crippen molar-refractivity contribution in [2.75, 3.05) is 38.3 Å². The summed E-state index contributed by atoms with van der Waals surface area (Å²) in [7, 11) is 2.02.